The number of nitrogens with zero attached hydrogens (tertiary/aromatic N) is 3. The zero-order chi connectivity index (χ0) is 11.2. The Morgan fingerprint density at radius 3 is 3.00 bits per heavy atom. The Morgan fingerprint density at radius 1 is 1.44 bits per heavy atom. The van der Waals surface area contributed by atoms with Gasteiger partial charge in [0.15, 0.2) is 0 Å². The van der Waals surface area contributed by atoms with E-state index in [2.05, 4.69) is 20.2 Å². The molecule has 0 bridgehead atoms. The fourth-order valence-corrected chi connectivity index (χ4v) is 1.64. The zero-order valence-electron chi connectivity index (χ0n) is 9.22. The van der Waals surface area contributed by atoms with Crippen LogP contribution in [0.4, 0.5) is 11.8 Å². The Kier molecular flexibility index (Phi) is 3.90. The van der Waals surface area contributed by atoms with Crippen molar-refractivity contribution in [2.45, 2.75) is 0 Å². The van der Waals surface area contributed by atoms with Gasteiger partial charge in [0.2, 0.25) is 5.95 Å². The van der Waals surface area contributed by atoms with E-state index in [1.807, 2.05) is 6.07 Å². The number of rotatable bonds is 4. The van der Waals surface area contributed by atoms with E-state index >= 15 is 0 Å². The smallest absolute Gasteiger partial charge is 0.221 e. The molecule has 6 nitrogen and oxygen atoms in total. The molecule has 1 fully saturated rings. The van der Waals surface area contributed by atoms with E-state index in [4.69, 9.17) is 10.5 Å². The first-order chi connectivity index (χ1) is 7.84. The van der Waals surface area contributed by atoms with E-state index in [9.17, 15) is 0 Å². The van der Waals surface area contributed by atoms with Crippen molar-refractivity contribution in [1.82, 2.24) is 14.9 Å². The summed E-state index contributed by atoms with van der Waals surface area (Å²) in [5.41, 5.74) is 5.48. The van der Waals surface area contributed by atoms with Crippen molar-refractivity contribution in [2.24, 2.45) is 0 Å². The summed E-state index contributed by atoms with van der Waals surface area (Å²) in [6.07, 6.45) is 1.65. The lowest BCUT2D eigenvalue weighted by Gasteiger charge is -2.26. The molecule has 6 heteroatoms. The minimum atomic E-state index is 0.302. The lowest BCUT2D eigenvalue weighted by molar-refractivity contribution is 0.0398. The lowest BCUT2D eigenvalue weighted by atomic mass is 10.4. The van der Waals surface area contributed by atoms with Crippen LogP contribution in [0.5, 0.6) is 0 Å². The minimum Gasteiger partial charge on any atom is -0.379 e. The number of hydrogen-bond donors (Lipinski definition) is 2. The first-order valence-electron chi connectivity index (χ1n) is 5.47. The number of ether oxygens (including phenoxy) is 1. The number of morpholine rings is 1. The Hall–Kier alpha value is -1.40. The molecule has 1 aromatic rings. The van der Waals surface area contributed by atoms with E-state index in [1.54, 1.807) is 6.20 Å². The van der Waals surface area contributed by atoms with Crippen molar-refractivity contribution in [3.63, 3.8) is 0 Å². The van der Waals surface area contributed by atoms with Gasteiger partial charge in [-0.2, -0.15) is 4.98 Å². The molecule has 0 atom stereocenters. The number of hydrogen-bond acceptors (Lipinski definition) is 6. The average molecular weight is 223 g/mol. The number of aromatic nitrogens is 2. The third kappa shape index (κ3) is 3.32. The summed E-state index contributed by atoms with van der Waals surface area (Å²) >= 11 is 0. The molecule has 0 unspecified atom stereocenters. The monoisotopic (exact) mass is 223 g/mol. The molecule has 1 aromatic heterocycles. The minimum absolute atomic E-state index is 0.302. The Balaban J connectivity index is 1.71. The van der Waals surface area contributed by atoms with Crippen molar-refractivity contribution in [3.05, 3.63) is 12.3 Å². The summed E-state index contributed by atoms with van der Waals surface area (Å²) in [6.45, 7) is 5.53. The van der Waals surface area contributed by atoms with Crippen LogP contribution in [0.1, 0.15) is 0 Å². The van der Waals surface area contributed by atoms with Gasteiger partial charge in [-0.1, -0.05) is 0 Å². The number of anilines is 2. The molecule has 3 N–H and O–H groups in total. The maximum atomic E-state index is 5.48. The van der Waals surface area contributed by atoms with Crippen molar-refractivity contribution >= 4 is 11.8 Å². The quantitative estimate of drug-likeness (QED) is 0.736. The van der Waals surface area contributed by atoms with E-state index in [1.165, 1.54) is 0 Å². The molecule has 0 aliphatic carbocycles. The highest BCUT2D eigenvalue weighted by atomic mass is 16.5. The van der Waals surface area contributed by atoms with Gasteiger partial charge < -0.3 is 15.8 Å². The molecular weight excluding hydrogens is 206 g/mol. The van der Waals surface area contributed by atoms with E-state index in [0.29, 0.717) is 5.95 Å². The molecule has 16 heavy (non-hydrogen) atoms. The molecule has 2 rings (SSSR count). The first kappa shape index (κ1) is 11.1. The van der Waals surface area contributed by atoms with Gasteiger partial charge in [0, 0.05) is 32.4 Å². The second kappa shape index (κ2) is 5.62. The molecule has 2 heterocycles. The van der Waals surface area contributed by atoms with Crippen molar-refractivity contribution in [1.29, 1.82) is 0 Å². The van der Waals surface area contributed by atoms with Gasteiger partial charge in [0.05, 0.1) is 13.2 Å². The third-order valence-corrected chi connectivity index (χ3v) is 2.51. The van der Waals surface area contributed by atoms with E-state index < -0.39 is 0 Å². The van der Waals surface area contributed by atoms with Crippen LogP contribution in [0.2, 0.25) is 0 Å². The van der Waals surface area contributed by atoms with E-state index in [-0.39, 0.29) is 0 Å². The molecule has 0 spiro atoms. The highest BCUT2D eigenvalue weighted by Gasteiger charge is 2.09. The molecule has 1 aliphatic heterocycles. The molecule has 0 saturated carbocycles. The molecule has 0 amide bonds. The number of nitrogens with one attached hydrogen (secondary N) is 1. The van der Waals surface area contributed by atoms with Gasteiger partial charge in [-0.25, -0.2) is 4.98 Å². The van der Waals surface area contributed by atoms with E-state index in [0.717, 1.165) is 45.2 Å². The maximum Gasteiger partial charge on any atom is 0.221 e. The second-order valence-corrected chi connectivity index (χ2v) is 3.68. The summed E-state index contributed by atoms with van der Waals surface area (Å²) in [4.78, 5) is 10.3. The SMILES string of the molecule is Nc1nccc(NCCN2CCOCC2)n1. The van der Waals surface area contributed by atoms with Gasteiger partial charge in [0.25, 0.3) is 0 Å². The van der Waals surface area contributed by atoms with Crippen LogP contribution in [-0.2, 0) is 4.74 Å². The Morgan fingerprint density at radius 2 is 2.25 bits per heavy atom. The van der Waals surface area contributed by atoms with Gasteiger partial charge in [-0.15, -0.1) is 0 Å². The van der Waals surface area contributed by atoms with Gasteiger partial charge in [0.1, 0.15) is 5.82 Å². The van der Waals surface area contributed by atoms with Crippen molar-refractivity contribution in [3.8, 4) is 0 Å². The summed E-state index contributed by atoms with van der Waals surface area (Å²) in [5.74, 6) is 1.08. The Bertz CT molecular complexity index is 327. The fraction of sp³-hybridized carbons (Fsp3) is 0.600. The lowest BCUT2D eigenvalue weighted by Crippen LogP contribution is -2.39. The molecular formula is C10H17N5O. The normalized spacial score (nSPS) is 17.2. The molecule has 1 aliphatic rings. The summed E-state index contributed by atoms with van der Waals surface area (Å²) < 4.78 is 5.28. The predicted octanol–water partition coefficient (Wildman–Crippen LogP) is -0.197. The van der Waals surface area contributed by atoms with Crippen LogP contribution in [0.15, 0.2) is 12.3 Å². The summed E-state index contributed by atoms with van der Waals surface area (Å²) in [6, 6.07) is 1.82. The number of nitrogen functional groups attached to an aromatic ring is 1. The largest absolute Gasteiger partial charge is 0.379 e. The van der Waals surface area contributed by atoms with Crippen LogP contribution in [-0.4, -0.2) is 54.3 Å². The maximum absolute atomic E-state index is 5.48. The third-order valence-electron chi connectivity index (χ3n) is 2.51. The fourth-order valence-electron chi connectivity index (χ4n) is 1.64. The molecule has 1 saturated heterocycles. The first-order valence-corrected chi connectivity index (χ1v) is 5.47. The Labute approximate surface area is 94.8 Å². The van der Waals surface area contributed by atoms with Crippen LogP contribution in [0, 0.1) is 0 Å². The van der Waals surface area contributed by atoms with Crippen LogP contribution in [0.3, 0.4) is 0 Å². The van der Waals surface area contributed by atoms with Crippen LogP contribution >= 0.6 is 0 Å². The second-order valence-electron chi connectivity index (χ2n) is 3.68. The predicted molar refractivity (Wildman–Crippen MR) is 62.2 cm³/mol. The zero-order valence-corrected chi connectivity index (χ0v) is 9.22. The topological polar surface area (TPSA) is 76.3 Å². The van der Waals surface area contributed by atoms with Gasteiger partial charge >= 0.3 is 0 Å². The van der Waals surface area contributed by atoms with Crippen LogP contribution in [0.25, 0.3) is 0 Å². The summed E-state index contributed by atoms with van der Waals surface area (Å²) in [7, 11) is 0. The highest BCUT2D eigenvalue weighted by molar-refractivity contribution is 5.37. The summed E-state index contributed by atoms with van der Waals surface area (Å²) in [5, 5.41) is 3.22. The molecule has 0 aromatic carbocycles. The highest BCUT2D eigenvalue weighted by Crippen LogP contribution is 2.02. The molecule has 88 valence electrons. The molecule has 0 radical (unpaired) electrons. The number of nitrogens with two attached hydrogens (primary N) is 1. The van der Waals surface area contributed by atoms with Crippen molar-refractivity contribution < 1.29 is 4.74 Å². The average Bonchev–Trinajstić information content (AvgIpc) is 2.30. The van der Waals surface area contributed by atoms with Crippen molar-refractivity contribution in [2.75, 3.05) is 50.4 Å². The van der Waals surface area contributed by atoms with Gasteiger partial charge in [-0.05, 0) is 6.07 Å². The van der Waals surface area contributed by atoms with Gasteiger partial charge in [-0.3, -0.25) is 4.90 Å². The van der Waals surface area contributed by atoms with Crippen LogP contribution < -0.4 is 11.1 Å². The standard InChI is InChI=1S/C10H17N5O/c11-10-13-2-1-9(14-10)12-3-4-15-5-7-16-8-6-15/h1-2H,3-8H2,(H3,11,12,13,14).